The highest BCUT2D eigenvalue weighted by Crippen LogP contribution is 2.41. The maximum atomic E-state index is 13.8. The third-order valence-corrected chi connectivity index (χ3v) is 4.94. The molecular formula is C19H14Br2F2O2. The number of ether oxygens (including phenoxy) is 1. The first kappa shape index (κ1) is 18.3. The Hall–Kier alpha value is -1.53. The molecule has 1 fully saturated rings. The van der Waals surface area contributed by atoms with Crippen LogP contribution < -0.4 is 0 Å². The van der Waals surface area contributed by atoms with Crippen molar-refractivity contribution in [3.8, 4) is 0 Å². The molecule has 2 aromatic rings. The van der Waals surface area contributed by atoms with Crippen LogP contribution >= 0.6 is 31.9 Å². The van der Waals surface area contributed by atoms with E-state index < -0.39 is 17.2 Å². The number of halogens is 4. The van der Waals surface area contributed by atoms with E-state index >= 15 is 0 Å². The first-order valence-corrected chi connectivity index (χ1v) is 9.13. The minimum absolute atomic E-state index is 0.0740. The standard InChI is InChI=1S/C19H14Br2F2O2/c1-19(2)16(9-17(24)25-19)18(10-3-12(20)7-13(21)4-10)11-5-14(22)8-15(23)6-11/h3-8H,9H2,1-2H3. The predicted molar refractivity (Wildman–Crippen MR) is 99.0 cm³/mol. The van der Waals surface area contributed by atoms with Crippen LogP contribution in [0.5, 0.6) is 0 Å². The van der Waals surface area contributed by atoms with Gasteiger partial charge in [-0.05, 0) is 66.5 Å². The molecule has 0 aromatic heterocycles. The van der Waals surface area contributed by atoms with Gasteiger partial charge < -0.3 is 4.74 Å². The van der Waals surface area contributed by atoms with Crippen molar-refractivity contribution in [1.29, 1.82) is 0 Å². The minimum atomic E-state index is -0.857. The Morgan fingerprint density at radius 2 is 1.48 bits per heavy atom. The van der Waals surface area contributed by atoms with Crippen LogP contribution in [0.3, 0.4) is 0 Å². The van der Waals surface area contributed by atoms with E-state index in [0.29, 0.717) is 16.7 Å². The Balaban J connectivity index is 2.35. The summed E-state index contributed by atoms with van der Waals surface area (Å²) in [5.41, 5.74) is 1.52. The van der Waals surface area contributed by atoms with Gasteiger partial charge in [0, 0.05) is 15.0 Å². The Morgan fingerprint density at radius 1 is 0.960 bits per heavy atom. The molecule has 0 bridgehead atoms. The summed E-state index contributed by atoms with van der Waals surface area (Å²) >= 11 is 6.87. The van der Waals surface area contributed by atoms with Gasteiger partial charge in [-0.3, -0.25) is 4.79 Å². The molecule has 25 heavy (non-hydrogen) atoms. The molecule has 1 aliphatic rings. The van der Waals surface area contributed by atoms with Crippen molar-refractivity contribution < 1.29 is 18.3 Å². The molecule has 0 N–H and O–H groups in total. The van der Waals surface area contributed by atoms with Crippen molar-refractivity contribution >= 4 is 43.4 Å². The summed E-state index contributed by atoms with van der Waals surface area (Å²) < 4.78 is 34.7. The van der Waals surface area contributed by atoms with Gasteiger partial charge in [-0.2, -0.15) is 0 Å². The SMILES string of the molecule is CC1(C)OC(=O)CC1=C(c1cc(F)cc(F)c1)c1cc(Br)cc(Br)c1. The van der Waals surface area contributed by atoms with Gasteiger partial charge in [-0.15, -0.1) is 0 Å². The topological polar surface area (TPSA) is 26.3 Å². The average Bonchev–Trinajstić information content (AvgIpc) is 2.70. The molecule has 0 saturated carbocycles. The first-order valence-electron chi connectivity index (χ1n) is 7.54. The summed E-state index contributed by atoms with van der Waals surface area (Å²) in [4.78, 5) is 11.9. The lowest BCUT2D eigenvalue weighted by Gasteiger charge is -2.23. The molecule has 0 aliphatic carbocycles. The molecule has 0 radical (unpaired) electrons. The molecule has 0 amide bonds. The van der Waals surface area contributed by atoms with Crippen LogP contribution in [0.1, 0.15) is 31.4 Å². The Morgan fingerprint density at radius 3 is 1.96 bits per heavy atom. The van der Waals surface area contributed by atoms with Crippen molar-refractivity contribution in [2.24, 2.45) is 0 Å². The monoisotopic (exact) mass is 470 g/mol. The summed E-state index contributed by atoms with van der Waals surface area (Å²) in [7, 11) is 0. The van der Waals surface area contributed by atoms with Gasteiger partial charge in [0.05, 0.1) is 6.42 Å². The fourth-order valence-corrected chi connectivity index (χ4v) is 4.33. The second kappa shape index (κ2) is 6.65. The maximum Gasteiger partial charge on any atom is 0.310 e. The zero-order valence-corrected chi connectivity index (χ0v) is 16.7. The number of benzene rings is 2. The van der Waals surface area contributed by atoms with E-state index in [1.165, 1.54) is 12.1 Å². The Kier molecular flexibility index (Phi) is 4.86. The van der Waals surface area contributed by atoms with E-state index in [1.807, 2.05) is 18.2 Å². The van der Waals surface area contributed by atoms with Crippen molar-refractivity contribution in [3.05, 3.63) is 73.7 Å². The molecule has 1 aliphatic heterocycles. The summed E-state index contributed by atoms with van der Waals surface area (Å²) in [6, 6.07) is 8.89. The molecule has 130 valence electrons. The minimum Gasteiger partial charge on any atom is -0.455 e. The number of hydrogen-bond donors (Lipinski definition) is 0. The van der Waals surface area contributed by atoms with Gasteiger partial charge in [0.15, 0.2) is 0 Å². The summed E-state index contributed by atoms with van der Waals surface area (Å²) in [6.45, 7) is 3.55. The molecule has 0 atom stereocenters. The van der Waals surface area contributed by atoms with E-state index in [4.69, 9.17) is 4.74 Å². The van der Waals surface area contributed by atoms with Gasteiger partial charge in [-0.1, -0.05) is 31.9 Å². The van der Waals surface area contributed by atoms with E-state index in [1.54, 1.807) is 13.8 Å². The number of carbonyl (C=O) groups excluding carboxylic acids is 1. The van der Waals surface area contributed by atoms with Gasteiger partial charge >= 0.3 is 5.97 Å². The quantitative estimate of drug-likeness (QED) is 0.501. The van der Waals surface area contributed by atoms with Crippen molar-refractivity contribution in [3.63, 3.8) is 0 Å². The number of rotatable bonds is 2. The number of esters is 1. The van der Waals surface area contributed by atoms with Crippen molar-refractivity contribution in [2.75, 3.05) is 0 Å². The molecule has 1 saturated heterocycles. The number of cyclic esters (lactones) is 1. The summed E-state index contributed by atoms with van der Waals surface area (Å²) in [5, 5.41) is 0. The van der Waals surface area contributed by atoms with Crippen molar-refractivity contribution in [1.82, 2.24) is 0 Å². The fourth-order valence-electron chi connectivity index (χ4n) is 3.04. The van der Waals surface area contributed by atoms with Gasteiger partial charge in [0.1, 0.15) is 17.2 Å². The van der Waals surface area contributed by atoms with Crippen molar-refractivity contribution in [2.45, 2.75) is 25.9 Å². The van der Waals surface area contributed by atoms with Gasteiger partial charge in [0.2, 0.25) is 0 Å². The van der Waals surface area contributed by atoms with E-state index in [-0.39, 0.29) is 12.4 Å². The maximum absolute atomic E-state index is 13.8. The molecule has 1 heterocycles. The Labute approximate surface area is 161 Å². The zero-order valence-electron chi connectivity index (χ0n) is 13.5. The van der Waals surface area contributed by atoms with E-state index in [0.717, 1.165) is 20.6 Å². The highest BCUT2D eigenvalue weighted by atomic mass is 79.9. The molecule has 0 spiro atoms. The molecule has 2 aromatic carbocycles. The van der Waals surface area contributed by atoms with E-state index in [9.17, 15) is 13.6 Å². The van der Waals surface area contributed by atoms with Crippen LogP contribution in [0.4, 0.5) is 8.78 Å². The fraction of sp³-hybridized carbons (Fsp3) is 0.211. The highest BCUT2D eigenvalue weighted by molar-refractivity contribution is 9.11. The highest BCUT2D eigenvalue weighted by Gasteiger charge is 2.39. The second-order valence-corrected chi connectivity index (χ2v) is 8.16. The smallest absolute Gasteiger partial charge is 0.310 e. The molecule has 2 nitrogen and oxygen atoms in total. The zero-order chi connectivity index (χ0) is 18.4. The third-order valence-electron chi connectivity index (χ3n) is 4.02. The molecule has 6 heteroatoms. The van der Waals surface area contributed by atoms with Crippen LogP contribution in [-0.2, 0) is 9.53 Å². The Bertz CT molecular complexity index is 810. The summed E-state index contributed by atoms with van der Waals surface area (Å²) in [6.07, 6.45) is 0.0740. The lowest BCUT2D eigenvalue weighted by atomic mass is 9.85. The first-order chi connectivity index (χ1) is 11.7. The largest absolute Gasteiger partial charge is 0.455 e. The van der Waals surface area contributed by atoms with Crippen LogP contribution in [0.25, 0.3) is 5.57 Å². The van der Waals surface area contributed by atoms with Gasteiger partial charge in [-0.25, -0.2) is 8.78 Å². The van der Waals surface area contributed by atoms with Gasteiger partial charge in [0.25, 0.3) is 0 Å². The number of hydrogen-bond acceptors (Lipinski definition) is 2. The third kappa shape index (κ3) is 3.85. The van der Waals surface area contributed by atoms with E-state index in [2.05, 4.69) is 31.9 Å². The number of carbonyl (C=O) groups is 1. The lowest BCUT2D eigenvalue weighted by molar-refractivity contribution is -0.145. The summed E-state index contributed by atoms with van der Waals surface area (Å²) in [5.74, 6) is -1.71. The lowest BCUT2D eigenvalue weighted by Crippen LogP contribution is -2.21. The molecular weight excluding hydrogens is 458 g/mol. The normalized spacial score (nSPS) is 18.2. The molecule has 3 rings (SSSR count). The second-order valence-electron chi connectivity index (χ2n) is 6.33. The average molecular weight is 472 g/mol. The molecule has 0 unspecified atom stereocenters. The van der Waals surface area contributed by atoms with Crippen LogP contribution in [0.15, 0.2) is 50.9 Å². The van der Waals surface area contributed by atoms with Crippen LogP contribution in [0, 0.1) is 11.6 Å². The predicted octanol–water partition coefficient (Wildman–Crippen LogP) is 6.02. The van der Waals surface area contributed by atoms with Crippen LogP contribution in [-0.4, -0.2) is 11.6 Å². The van der Waals surface area contributed by atoms with Crippen LogP contribution in [0.2, 0.25) is 0 Å².